The maximum absolute atomic E-state index is 12.8. The van der Waals surface area contributed by atoms with Gasteiger partial charge in [-0.05, 0) is 42.5 Å². The van der Waals surface area contributed by atoms with Gasteiger partial charge in [-0.3, -0.25) is 0 Å². The first-order valence-corrected chi connectivity index (χ1v) is 9.02. The van der Waals surface area contributed by atoms with Gasteiger partial charge in [-0.2, -0.15) is 4.31 Å². The largest absolute Gasteiger partial charge is 0.392 e. The molecule has 1 aliphatic rings. The van der Waals surface area contributed by atoms with Gasteiger partial charge in [0.1, 0.15) is 0 Å². The number of aliphatic hydroxyl groups is 1. The predicted octanol–water partition coefficient (Wildman–Crippen LogP) is 1.91. The molecule has 0 aromatic heterocycles. The normalized spacial score (nSPS) is 20.1. The van der Waals surface area contributed by atoms with Crippen molar-refractivity contribution in [2.75, 3.05) is 26.8 Å². The summed E-state index contributed by atoms with van der Waals surface area (Å²) in [6.45, 7) is 3.15. The maximum atomic E-state index is 12.8. The van der Waals surface area contributed by atoms with Crippen LogP contribution in [0.15, 0.2) is 21.5 Å². The molecule has 1 saturated heterocycles. The van der Waals surface area contributed by atoms with E-state index in [1.54, 1.807) is 26.2 Å². The molecule has 0 aliphatic carbocycles. The number of nitrogens with zero attached hydrogens (tertiary/aromatic N) is 1. The fourth-order valence-electron chi connectivity index (χ4n) is 2.59. The Labute approximate surface area is 134 Å². The van der Waals surface area contributed by atoms with Crippen LogP contribution in [0.4, 0.5) is 0 Å². The lowest BCUT2D eigenvalue weighted by molar-refractivity contribution is 0.157. The number of hydrogen-bond donors (Lipinski definition) is 1. The Balaban J connectivity index is 2.34. The Morgan fingerprint density at radius 3 is 2.81 bits per heavy atom. The number of rotatable bonds is 5. The molecule has 0 amide bonds. The molecule has 0 radical (unpaired) electrons. The molecule has 5 nitrogen and oxygen atoms in total. The highest BCUT2D eigenvalue weighted by Gasteiger charge is 2.33. The third-order valence-corrected chi connectivity index (χ3v) is 6.62. The van der Waals surface area contributed by atoms with Crippen LogP contribution < -0.4 is 0 Å². The Morgan fingerprint density at radius 1 is 1.48 bits per heavy atom. The lowest BCUT2D eigenvalue weighted by Gasteiger charge is -2.19. The fraction of sp³-hybridized carbons (Fsp3) is 0.571. The van der Waals surface area contributed by atoms with E-state index in [-0.39, 0.29) is 17.4 Å². The van der Waals surface area contributed by atoms with E-state index in [4.69, 9.17) is 4.74 Å². The van der Waals surface area contributed by atoms with Crippen molar-refractivity contribution in [3.05, 3.63) is 27.7 Å². The minimum Gasteiger partial charge on any atom is -0.392 e. The lowest BCUT2D eigenvalue weighted by Crippen LogP contribution is -2.30. The Hall–Kier alpha value is -0.470. The van der Waals surface area contributed by atoms with Crippen molar-refractivity contribution in [2.45, 2.75) is 24.8 Å². The van der Waals surface area contributed by atoms with Crippen LogP contribution in [-0.4, -0.2) is 44.6 Å². The first-order valence-electron chi connectivity index (χ1n) is 6.79. The first-order chi connectivity index (χ1) is 9.90. The number of methoxy groups -OCH3 is 1. The summed E-state index contributed by atoms with van der Waals surface area (Å²) in [4.78, 5) is 0.263. The van der Waals surface area contributed by atoms with Gasteiger partial charge < -0.3 is 9.84 Å². The number of ether oxygens (including phenoxy) is 1. The van der Waals surface area contributed by atoms with Gasteiger partial charge in [0, 0.05) is 24.7 Å². The van der Waals surface area contributed by atoms with E-state index >= 15 is 0 Å². The van der Waals surface area contributed by atoms with Crippen molar-refractivity contribution in [3.63, 3.8) is 0 Å². The Kier molecular flexibility index (Phi) is 5.43. The molecule has 0 saturated carbocycles. The highest BCUT2D eigenvalue weighted by atomic mass is 79.9. The van der Waals surface area contributed by atoms with Gasteiger partial charge in [0.15, 0.2) is 0 Å². The van der Waals surface area contributed by atoms with Crippen molar-refractivity contribution in [2.24, 2.45) is 5.92 Å². The van der Waals surface area contributed by atoms with Crippen molar-refractivity contribution in [1.82, 2.24) is 4.31 Å². The highest BCUT2D eigenvalue weighted by Crippen LogP contribution is 2.30. The quantitative estimate of drug-likeness (QED) is 0.850. The molecule has 1 aromatic rings. The van der Waals surface area contributed by atoms with E-state index in [1.165, 1.54) is 4.31 Å². The fourth-order valence-corrected chi connectivity index (χ4v) is 5.06. The number of benzene rings is 1. The second-order valence-electron chi connectivity index (χ2n) is 5.33. The molecule has 1 aliphatic heterocycles. The molecular formula is C14H20BrNO4S. The van der Waals surface area contributed by atoms with Crippen molar-refractivity contribution < 1.29 is 18.3 Å². The Bertz CT molecular complexity index is 618. The molecule has 2 rings (SSSR count). The zero-order valence-corrected chi connectivity index (χ0v) is 14.6. The summed E-state index contributed by atoms with van der Waals surface area (Å²) < 4.78 is 32.9. The van der Waals surface area contributed by atoms with Gasteiger partial charge in [-0.15, -0.1) is 0 Å². The highest BCUT2D eigenvalue weighted by molar-refractivity contribution is 9.10. The molecule has 1 aromatic carbocycles. The molecular weight excluding hydrogens is 358 g/mol. The standard InChI is InChI=1S/C14H20BrNO4S/c1-10-13(15)5-12(8-17)6-14(10)21(18,19)16-4-3-11(7-16)9-20-2/h5-6,11,17H,3-4,7-9H2,1-2H3. The third-order valence-electron chi connectivity index (χ3n) is 3.81. The molecule has 21 heavy (non-hydrogen) atoms. The van der Waals surface area contributed by atoms with Gasteiger partial charge in [-0.25, -0.2) is 8.42 Å². The number of aliphatic hydroxyl groups excluding tert-OH is 1. The van der Waals surface area contributed by atoms with Crippen LogP contribution in [0.25, 0.3) is 0 Å². The number of hydrogen-bond acceptors (Lipinski definition) is 4. The van der Waals surface area contributed by atoms with Crippen LogP contribution >= 0.6 is 15.9 Å². The lowest BCUT2D eigenvalue weighted by atomic mass is 10.1. The van der Waals surface area contributed by atoms with Crippen LogP contribution in [0.1, 0.15) is 17.5 Å². The average molecular weight is 378 g/mol. The number of halogens is 1. The van der Waals surface area contributed by atoms with E-state index in [0.29, 0.717) is 35.3 Å². The second-order valence-corrected chi connectivity index (χ2v) is 8.09. The van der Waals surface area contributed by atoms with Crippen LogP contribution in [-0.2, 0) is 21.4 Å². The van der Waals surface area contributed by atoms with E-state index in [9.17, 15) is 13.5 Å². The summed E-state index contributed by atoms with van der Waals surface area (Å²) in [5.41, 5.74) is 1.25. The van der Waals surface area contributed by atoms with Crippen molar-refractivity contribution >= 4 is 26.0 Å². The smallest absolute Gasteiger partial charge is 0.243 e. The van der Waals surface area contributed by atoms with E-state index < -0.39 is 10.0 Å². The van der Waals surface area contributed by atoms with Crippen LogP contribution in [0.5, 0.6) is 0 Å². The second kappa shape index (κ2) is 6.75. The van der Waals surface area contributed by atoms with Crippen LogP contribution in [0.2, 0.25) is 0 Å². The molecule has 7 heteroatoms. The van der Waals surface area contributed by atoms with Crippen molar-refractivity contribution in [1.29, 1.82) is 0 Å². The summed E-state index contributed by atoms with van der Waals surface area (Å²) in [6.07, 6.45) is 0.812. The zero-order chi connectivity index (χ0) is 15.6. The summed E-state index contributed by atoms with van der Waals surface area (Å²) in [7, 11) is -1.91. The molecule has 118 valence electrons. The molecule has 0 bridgehead atoms. The van der Waals surface area contributed by atoms with Crippen LogP contribution in [0.3, 0.4) is 0 Å². The van der Waals surface area contributed by atoms with Crippen LogP contribution in [0, 0.1) is 12.8 Å². The predicted molar refractivity (Wildman–Crippen MR) is 83.5 cm³/mol. The minimum atomic E-state index is -3.54. The van der Waals surface area contributed by atoms with Gasteiger partial charge in [0.25, 0.3) is 0 Å². The number of sulfonamides is 1. The molecule has 1 fully saturated rings. The molecule has 1 heterocycles. The van der Waals surface area contributed by atoms with Gasteiger partial charge in [-0.1, -0.05) is 15.9 Å². The minimum absolute atomic E-state index is 0.187. The third kappa shape index (κ3) is 3.48. The van der Waals surface area contributed by atoms with Gasteiger partial charge in [0.05, 0.1) is 18.1 Å². The van der Waals surface area contributed by atoms with Gasteiger partial charge in [0.2, 0.25) is 10.0 Å². The first kappa shape index (κ1) is 16.9. The van der Waals surface area contributed by atoms with Crippen molar-refractivity contribution in [3.8, 4) is 0 Å². The van der Waals surface area contributed by atoms with Gasteiger partial charge >= 0.3 is 0 Å². The summed E-state index contributed by atoms with van der Waals surface area (Å²) in [5, 5.41) is 9.27. The average Bonchev–Trinajstić information content (AvgIpc) is 2.91. The van der Waals surface area contributed by atoms with E-state index in [0.717, 1.165) is 6.42 Å². The SMILES string of the molecule is COCC1CCN(S(=O)(=O)c2cc(CO)cc(Br)c2C)C1. The Morgan fingerprint density at radius 2 is 2.19 bits per heavy atom. The molecule has 0 spiro atoms. The zero-order valence-electron chi connectivity index (χ0n) is 12.2. The van der Waals surface area contributed by atoms with E-state index in [2.05, 4.69) is 15.9 Å². The molecule has 1 unspecified atom stereocenters. The molecule has 1 N–H and O–H groups in total. The van der Waals surface area contributed by atoms with E-state index in [1.807, 2.05) is 0 Å². The summed E-state index contributed by atoms with van der Waals surface area (Å²) in [5.74, 6) is 0.245. The maximum Gasteiger partial charge on any atom is 0.243 e. The summed E-state index contributed by atoms with van der Waals surface area (Å²) in [6, 6.07) is 3.30. The molecule has 1 atom stereocenters. The monoisotopic (exact) mass is 377 g/mol. The topological polar surface area (TPSA) is 66.8 Å². The summed E-state index contributed by atoms with van der Waals surface area (Å²) >= 11 is 3.36.